The molecular weight excluding hydrogens is 558 g/mol. The molecule has 252 valence electrons. The molecule has 7 unspecified atom stereocenters. The van der Waals surface area contributed by atoms with Crippen LogP contribution in [0.25, 0.3) is 0 Å². The smallest absolute Gasteiger partial charge is 0.223 e. The summed E-state index contributed by atoms with van der Waals surface area (Å²) in [4.78, 5) is 21.0. The van der Waals surface area contributed by atoms with E-state index >= 15 is 0 Å². The van der Waals surface area contributed by atoms with E-state index in [1.165, 1.54) is 32.1 Å². The van der Waals surface area contributed by atoms with Gasteiger partial charge in [0.05, 0.1) is 44.0 Å². The maximum atomic E-state index is 13.5. The van der Waals surface area contributed by atoms with Crippen LogP contribution in [0.5, 0.6) is 0 Å². The van der Waals surface area contributed by atoms with Crippen molar-refractivity contribution in [3.05, 3.63) is 0 Å². The van der Waals surface area contributed by atoms with Crippen LogP contribution < -0.4 is 21.3 Å². The van der Waals surface area contributed by atoms with E-state index in [4.69, 9.17) is 9.47 Å². The van der Waals surface area contributed by atoms with Crippen LogP contribution >= 0.6 is 0 Å². The molecule has 0 radical (unpaired) electrons. The van der Waals surface area contributed by atoms with Crippen LogP contribution in [0.1, 0.15) is 71.6 Å². The molecule has 4 heterocycles. The van der Waals surface area contributed by atoms with Gasteiger partial charge in [0.1, 0.15) is 0 Å². The van der Waals surface area contributed by atoms with Gasteiger partial charge in [-0.25, -0.2) is 0 Å². The van der Waals surface area contributed by atoms with E-state index in [9.17, 15) is 9.90 Å². The van der Waals surface area contributed by atoms with Gasteiger partial charge in [0.15, 0.2) is 0 Å². The van der Waals surface area contributed by atoms with Gasteiger partial charge in [-0.05, 0) is 83.6 Å². The van der Waals surface area contributed by atoms with E-state index in [1.54, 1.807) is 0 Å². The van der Waals surface area contributed by atoms with Gasteiger partial charge in [-0.15, -0.1) is 0 Å². The van der Waals surface area contributed by atoms with Crippen LogP contribution in [0, 0.1) is 17.8 Å². The summed E-state index contributed by atoms with van der Waals surface area (Å²) in [5.41, 5.74) is 0. The van der Waals surface area contributed by atoms with Crippen LogP contribution in [-0.2, 0) is 14.3 Å². The highest BCUT2D eigenvalue weighted by molar-refractivity contribution is 5.78. The second-order valence-electron chi connectivity index (χ2n) is 15.0. The summed E-state index contributed by atoms with van der Waals surface area (Å²) in [6.07, 6.45) is 10.4. The van der Waals surface area contributed by atoms with Crippen molar-refractivity contribution in [2.75, 3.05) is 72.2 Å². The number of ether oxygens (including phenoxy) is 2. The third-order valence-corrected chi connectivity index (χ3v) is 11.5. The average Bonchev–Trinajstić information content (AvgIpc) is 3.54. The second kappa shape index (κ2) is 15.8. The van der Waals surface area contributed by atoms with Crippen LogP contribution in [-0.4, -0.2) is 141 Å². The first kappa shape index (κ1) is 33.0. The van der Waals surface area contributed by atoms with E-state index < -0.39 is 6.10 Å². The number of piperidine rings is 2. The van der Waals surface area contributed by atoms with Gasteiger partial charge in [0.25, 0.3) is 0 Å². The van der Waals surface area contributed by atoms with Crippen molar-refractivity contribution < 1.29 is 19.4 Å². The molecule has 4 aliphatic heterocycles. The number of likely N-dealkylation sites (tertiary alicyclic amines) is 1. The van der Waals surface area contributed by atoms with Gasteiger partial charge in [0.2, 0.25) is 5.91 Å². The standard InChI is InChI=1S/C33H61N7O4/c1-23(2)39-10-12-40(13-11-39)32-16-26(15-31(37-32)36-27-4-3-5-27)33(42)35-17-28(41)20-38-9-8-24-14-29(7-6-25(24)19-38)43-21-30-18-34-22-44-30/h23-32,34,36-37,41H,3-22H2,1-2H3,(H,35,42)/t24?,25?,26?,28-,29?,30?,31?,32?/m0/s1. The van der Waals surface area contributed by atoms with Crippen LogP contribution in [0.4, 0.5) is 0 Å². The molecule has 1 amide bonds. The number of nitrogens with one attached hydrogen (secondary N) is 4. The Morgan fingerprint density at radius 3 is 2.59 bits per heavy atom. The Kier molecular flexibility index (Phi) is 11.9. The van der Waals surface area contributed by atoms with Crippen LogP contribution in [0.15, 0.2) is 0 Å². The molecular formula is C33H61N7O4. The van der Waals surface area contributed by atoms with Gasteiger partial charge in [0, 0.05) is 70.4 Å². The molecule has 4 saturated heterocycles. The molecule has 8 atom stereocenters. The SMILES string of the molecule is CC(C)N1CCN(C2CC(C(=O)NC[C@H](O)CN3CCC4CC(OCC5CNCO5)CCC4C3)CC(NC3CCC3)N2)CC1. The van der Waals surface area contributed by atoms with Crippen molar-refractivity contribution in [2.24, 2.45) is 17.8 Å². The molecule has 5 N–H and O–H groups in total. The number of carbonyl (C=O) groups is 1. The third kappa shape index (κ3) is 8.92. The Morgan fingerprint density at radius 1 is 1.02 bits per heavy atom. The fourth-order valence-corrected chi connectivity index (χ4v) is 8.53. The summed E-state index contributed by atoms with van der Waals surface area (Å²) < 4.78 is 11.9. The molecule has 0 aromatic carbocycles. The first-order valence-electron chi connectivity index (χ1n) is 18.0. The first-order valence-corrected chi connectivity index (χ1v) is 18.0. The van der Waals surface area contributed by atoms with Crippen LogP contribution in [0.2, 0.25) is 0 Å². The number of hydrogen-bond donors (Lipinski definition) is 5. The number of rotatable bonds is 12. The topological polar surface area (TPSA) is 114 Å². The molecule has 2 aliphatic carbocycles. The predicted molar refractivity (Wildman–Crippen MR) is 171 cm³/mol. The lowest BCUT2D eigenvalue weighted by molar-refractivity contribution is -0.128. The molecule has 0 bridgehead atoms. The van der Waals surface area contributed by atoms with Crippen molar-refractivity contribution in [2.45, 2.75) is 114 Å². The highest BCUT2D eigenvalue weighted by Crippen LogP contribution is 2.37. The van der Waals surface area contributed by atoms with Crippen molar-refractivity contribution in [1.82, 2.24) is 36.0 Å². The number of fused-ring (bicyclic) bond motifs is 1. The molecule has 11 heteroatoms. The Hall–Kier alpha value is -0.890. The monoisotopic (exact) mass is 619 g/mol. The van der Waals surface area contributed by atoms with E-state index in [-0.39, 0.29) is 30.3 Å². The van der Waals surface area contributed by atoms with Gasteiger partial charge < -0.3 is 24.8 Å². The molecule has 0 aromatic heterocycles. The number of carbonyl (C=O) groups excluding carboxylic acids is 1. The summed E-state index contributed by atoms with van der Waals surface area (Å²) in [7, 11) is 0. The Bertz CT molecular complexity index is 895. The molecule has 44 heavy (non-hydrogen) atoms. The number of hydrogen-bond acceptors (Lipinski definition) is 10. The fourth-order valence-electron chi connectivity index (χ4n) is 8.53. The Labute approximate surface area is 265 Å². The highest BCUT2D eigenvalue weighted by Gasteiger charge is 2.39. The summed E-state index contributed by atoms with van der Waals surface area (Å²) in [6, 6.07) is 1.15. The third-order valence-electron chi connectivity index (χ3n) is 11.5. The first-order chi connectivity index (χ1) is 21.4. The van der Waals surface area contributed by atoms with E-state index in [2.05, 4.69) is 49.8 Å². The minimum atomic E-state index is -0.541. The summed E-state index contributed by atoms with van der Waals surface area (Å²) >= 11 is 0. The molecule has 6 aliphatic rings. The number of β-amino-alcohol motifs (C(OH)–C–C–N with tert-alkyl or cyclic N) is 1. The van der Waals surface area contributed by atoms with Gasteiger partial charge in [-0.1, -0.05) is 6.42 Å². The number of piperazine rings is 1. The van der Waals surface area contributed by atoms with Gasteiger partial charge in [-0.3, -0.25) is 30.5 Å². The Balaban J connectivity index is 0.925. The normalized spacial score (nSPS) is 37.0. The molecule has 2 saturated carbocycles. The minimum Gasteiger partial charge on any atom is -0.390 e. The van der Waals surface area contributed by atoms with Crippen LogP contribution in [0.3, 0.4) is 0 Å². The van der Waals surface area contributed by atoms with Crippen molar-refractivity contribution in [3.63, 3.8) is 0 Å². The quantitative estimate of drug-likeness (QED) is 0.214. The summed E-state index contributed by atoms with van der Waals surface area (Å²) in [6.45, 7) is 14.1. The van der Waals surface area contributed by atoms with Crippen molar-refractivity contribution >= 4 is 5.91 Å². The average molecular weight is 620 g/mol. The lowest BCUT2D eigenvalue weighted by atomic mass is 9.74. The van der Waals surface area contributed by atoms with E-state index in [1.807, 2.05) is 0 Å². The maximum absolute atomic E-state index is 13.5. The zero-order chi connectivity index (χ0) is 30.5. The zero-order valence-electron chi connectivity index (χ0n) is 27.4. The predicted octanol–water partition coefficient (Wildman–Crippen LogP) is 0.737. The molecule has 0 spiro atoms. The molecule has 0 aromatic rings. The zero-order valence-corrected chi connectivity index (χ0v) is 27.4. The lowest BCUT2D eigenvalue weighted by Crippen LogP contribution is -2.64. The minimum absolute atomic E-state index is 0.0428. The fraction of sp³-hybridized carbons (Fsp3) is 0.970. The maximum Gasteiger partial charge on any atom is 0.223 e. The lowest BCUT2D eigenvalue weighted by Gasteiger charge is -2.46. The van der Waals surface area contributed by atoms with Gasteiger partial charge in [-0.2, -0.15) is 0 Å². The summed E-state index contributed by atoms with van der Waals surface area (Å²) in [5.74, 6) is 1.46. The Morgan fingerprint density at radius 2 is 1.86 bits per heavy atom. The van der Waals surface area contributed by atoms with E-state index in [0.717, 1.165) is 71.5 Å². The van der Waals surface area contributed by atoms with Crippen molar-refractivity contribution in [1.29, 1.82) is 0 Å². The molecule has 6 rings (SSSR count). The van der Waals surface area contributed by atoms with Crippen molar-refractivity contribution in [3.8, 4) is 0 Å². The number of aliphatic hydroxyl groups excluding tert-OH is 1. The number of amides is 1. The molecule has 6 fully saturated rings. The second-order valence-corrected chi connectivity index (χ2v) is 15.0. The van der Waals surface area contributed by atoms with Gasteiger partial charge >= 0.3 is 0 Å². The number of aliphatic hydroxyl groups is 1. The molecule has 11 nitrogen and oxygen atoms in total. The number of nitrogens with zero attached hydrogens (tertiary/aromatic N) is 3. The summed E-state index contributed by atoms with van der Waals surface area (Å²) in [5, 5.41) is 25.0. The largest absolute Gasteiger partial charge is 0.390 e. The van der Waals surface area contributed by atoms with E-state index in [0.29, 0.717) is 56.5 Å². The highest BCUT2D eigenvalue weighted by atomic mass is 16.5.